The molecule has 4 aliphatic rings. The second-order valence-electron chi connectivity index (χ2n) is 12.1. The van der Waals surface area contributed by atoms with Crippen molar-refractivity contribution in [1.29, 1.82) is 0 Å². The number of ether oxygens (including phenoxy) is 7. The van der Waals surface area contributed by atoms with Crippen LogP contribution in [0.15, 0.2) is 23.8 Å². The van der Waals surface area contributed by atoms with E-state index in [1.165, 1.54) is 39.7 Å². The van der Waals surface area contributed by atoms with Crippen molar-refractivity contribution in [2.75, 3.05) is 20.3 Å². The maximum Gasteiger partial charge on any atom is 0.303 e. The third kappa shape index (κ3) is 8.91. The Hall–Kier alpha value is -3.31. The van der Waals surface area contributed by atoms with Crippen LogP contribution in [0.4, 0.5) is 0 Å². The molecule has 0 amide bonds. The number of carbonyl (C=O) groups is 4. The van der Waals surface area contributed by atoms with Crippen LogP contribution in [0, 0.1) is 23.7 Å². The van der Waals surface area contributed by atoms with Crippen LogP contribution >= 0.6 is 11.6 Å². The number of rotatable bonds is 14. The van der Waals surface area contributed by atoms with Gasteiger partial charge in [0.1, 0.15) is 36.9 Å². The van der Waals surface area contributed by atoms with Crippen LogP contribution in [0.2, 0.25) is 5.02 Å². The van der Waals surface area contributed by atoms with E-state index in [4.69, 9.17) is 44.8 Å². The predicted molar refractivity (Wildman–Crippen MR) is 162 cm³/mol. The normalized spacial score (nSPS) is 24.1. The topological polar surface area (TPSA) is 133 Å². The third-order valence-corrected chi connectivity index (χ3v) is 9.03. The highest BCUT2D eigenvalue weighted by Crippen LogP contribution is 2.58. The van der Waals surface area contributed by atoms with Crippen molar-refractivity contribution in [1.82, 2.24) is 0 Å². The SMILES string of the molecule is COC(=C1C2CC3CC(C2)CC1C3)c1cccc(OC(OC(COC(C)=O)[C@@H](C)OC(C)=O)[C@H](COC(C)=O)OC(C)=O)c1Cl. The maximum atomic E-state index is 12.1. The summed E-state index contributed by atoms with van der Waals surface area (Å²) in [5, 5.41) is 0.253. The van der Waals surface area contributed by atoms with Crippen molar-refractivity contribution in [3.63, 3.8) is 0 Å². The van der Waals surface area contributed by atoms with E-state index < -0.39 is 55.1 Å². The summed E-state index contributed by atoms with van der Waals surface area (Å²) in [6, 6.07) is 5.27. The number of carbonyl (C=O) groups excluding carboxylic acids is 4. The van der Waals surface area contributed by atoms with E-state index in [0.29, 0.717) is 17.4 Å². The molecule has 0 aliphatic heterocycles. The lowest BCUT2D eigenvalue weighted by Crippen LogP contribution is -2.47. The van der Waals surface area contributed by atoms with E-state index in [2.05, 4.69) is 0 Å². The van der Waals surface area contributed by atoms with Crippen LogP contribution in [0.1, 0.15) is 72.3 Å². The molecule has 4 bridgehead atoms. The second-order valence-corrected chi connectivity index (χ2v) is 12.5. The summed E-state index contributed by atoms with van der Waals surface area (Å²) < 4.78 is 39.6. The Balaban J connectivity index is 1.70. The first-order chi connectivity index (χ1) is 21.4. The van der Waals surface area contributed by atoms with E-state index in [9.17, 15) is 19.2 Å². The monoisotopic (exact) mass is 650 g/mol. The van der Waals surface area contributed by atoms with E-state index in [1.54, 1.807) is 26.2 Å². The average molecular weight is 651 g/mol. The number of hydrogen-bond donors (Lipinski definition) is 0. The summed E-state index contributed by atoms with van der Waals surface area (Å²) in [6.07, 6.45) is 1.24. The number of halogens is 1. The quantitative estimate of drug-likeness (QED) is 0.113. The Morgan fingerprint density at radius 1 is 0.800 bits per heavy atom. The van der Waals surface area contributed by atoms with Gasteiger partial charge in [0.25, 0.3) is 0 Å². The highest BCUT2D eigenvalue weighted by molar-refractivity contribution is 6.33. The van der Waals surface area contributed by atoms with Crippen LogP contribution in [-0.4, -0.2) is 68.8 Å². The zero-order chi connectivity index (χ0) is 32.8. The number of methoxy groups -OCH3 is 1. The minimum Gasteiger partial charge on any atom is -0.496 e. The predicted octanol–water partition coefficient (Wildman–Crippen LogP) is 5.25. The molecule has 1 aromatic carbocycles. The molecule has 0 saturated heterocycles. The van der Waals surface area contributed by atoms with Gasteiger partial charge in [-0.05, 0) is 80.4 Å². The van der Waals surface area contributed by atoms with Crippen molar-refractivity contribution < 1.29 is 52.3 Å². The van der Waals surface area contributed by atoms with Crippen molar-refractivity contribution in [3.8, 4) is 5.75 Å². The fraction of sp³-hybridized carbons (Fsp3) is 0.636. The van der Waals surface area contributed by atoms with Crippen molar-refractivity contribution in [2.45, 2.75) is 91.3 Å². The summed E-state index contributed by atoms with van der Waals surface area (Å²) in [4.78, 5) is 47.2. The molecule has 1 aromatic rings. The third-order valence-electron chi connectivity index (χ3n) is 8.64. The molecule has 5 rings (SSSR count). The molecule has 4 aliphatic carbocycles. The Labute approximate surface area is 268 Å². The summed E-state index contributed by atoms with van der Waals surface area (Å²) in [5.74, 6) is 0.870. The molecule has 0 heterocycles. The van der Waals surface area contributed by atoms with Gasteiger partial charge < -0.3 is 33.2 Å². The molecule has 248 valence electrons. The molecule has 0 radical (unpaired) electrons. The van der Waals surface area contributed by atoms with Gasteiger partial charge in [0.05, 0.1) is 12.1 Å². The van der Waals surface area contributed by atoms with Gasteiger partial charge in [-0.1, -0.05) is 17.7 Å². The van der Waals surface area contributed by atoms with Crippen LogP contribution in [0.3, 0.4) is 0 Å². The first kappa shape index (κ1) is 34.6. The molecular weight excluding hydrogens is 608 g/mol. The van der Waals surface area contributed by atoms with Crippen molar-refractivity contribution in [3.05, 3.63) is 34.4 Å². The summed E-state index contributed by atoms with van der Waals surface area (Å²) in [7, 11) is 1.65. The zero-order valence-electron chi connectivity index (χ0n) is 26.7. The molecule has 12 heteroatoms. The van der Waals surface area contributed by atoms with Gasteiger partial charge in [0.2, 0.25) is 6.29 Å². The second kappa shape index (κ2) is 15.3. The molecule has 0 N–H and O–H groups in total. The largest absolute Gasteiger partial charge is 0.496 e. The standard InChI is InChI=1S/C33H43ClO11/c1-17(42-20(4)37)28(15-40-18(2)35)45-33(29(43-21(5)38)16-41-19(3)36)44-27-9-7-8-26(31(27)34)32(39-6)30-24-11-22-10-23(13-24)14-25(30)12-22/h7-9,17,22-25,28-29,33H,10-16H2,1-6H3/t17-,22?,23?,24?,25?,28?,29+,33?/m1/s1. The number of benzene rings is 1. The summed E-state index contributed by atoms with van der Waals surface area (Å²) >= 11 is 7.02. The van der Waals surface area contributed by atoms with E-state index in [0.717, 1.165) is 43.3 Å². The highest BCUT2D eigenvalue weighted by Gasteiger charge is 2.47. The fourth-order valence-electron chi connectivity index (χ4n) is 7.12. The maximum absolute atomic E-state index is 12.1. The van der Waals surface area contributed by atoms with Crippen molar-refractivity contribution in [2.24, 2.45) is 23.7 Å². The molecule has 0 spiro atoms. The lowest BCUT2D eigenvalue weighted by atomic mass is 9.54. The highest BCUT2D eigenvalue weighted by atomic mass is 35.5. The summed E-state index contributed by atoms with van der Waals surface area (Å²) in [6.45, 7) is 5.66. The molecular formula is C33H43ClO11. The van der Waals surface area contributed by atoms with Crippen LogP contribution < -0.4 is 4.74 Å². The van der Waals surface area contributed by atoms with E-state index in [-0.39, 0.29) is 17.4 Å². The van der Waals surface area contributed by atoms with Gasteiger partial charge >= 0.3 is 23.9 Å². The molecule has 45 heavy (non-hydrogen) atoms. The fourth-order valence-corrected chi connectivity index (χ4v) is 7.37. The number of esters is 4. The summed E-state index contributed by atoms with van der Waals surface area (Å²) in [5.41, 5.74) is 1.97. The smallest absolute Gasteiger partial charge is 0.303 e. The Morgan fingerprint density at radius 3 is 1.87 bits per heavy atom. The molecule has 4 atom stereocenters. The van der Waals surface area contributed by atoms with Gasteiger partial charge in [-0.3, -0.25) is 19.2 Å². The van der Waals surface area contributed by atoms with Crippen LogP contribution in [0.5, 0.6) is 5.75 Å². The zero-order valence-corrected chi connectivity index (χ0v) is 27.4. The van der Waals surface area contributed by atoms with Gasteiger partial charge in [-0.15, -0.1) is 0 Å². The number of allylic oxidation sites excluding steroid dienone is 1. The van der Waals surface area contributed by atoms with Gasteiger partial charge in [0, 0.05) is 33.3 Å². The Bertz CT molecular complexity index is 1260. The van der Waals surface area contributed by atoms with E-state index >= 15 is 0 Å². The first-order valence-electron chi connectivity index (χ1n) is 15.4. The average Bonchev–Trinajstić information content (AvgIpc) is 2.94. The van der Waals surface area contributed by atoms with Crippen LogP contribution in [-0.2, 0) is 47.6 Å². The minimum atomic E-state index is -1.45. The first-order valence-corrected chi connectivity index (χ1v) is 15.7. The van der Waals surface area contributed by atoms with Gasteiger partial charge in [0.15, 0.2) is 6.10 Å². The van der Waals surface area contributed by atoms with Gasteiger partial charge in [-0.25, -0.2) is 0 Å². The molecule has 2 unspecified atom stereocenters. The number of hydrogen-bond acceptors (Lipinski definition) is 11. The van der Waals surface area contributed by atoms with Gasteiger partial charge in [-0.2, -0.15) is 0 Å². The van der Waals surface area contributed by atoms with Crippen LogP contribution in [0.25, 0.3) is 5.76 Å². The lowest BCUT2D eigenvalue weighted by molar-refractivity contribution is -0.224. The van der Waals surface area contributed by atoms with E-state index in [1.807, 2.05) is 6.07 Å². The molecule has 4 fully saturated rings. The molecule has 0 aromatic heterocycles. The Kier molecular flexibility index (Phi) is 11.8. The minimum absolute atomic E-state index is 0.185. The van der Waals surface area contributed by atoms with Crippen molar-refractivity contribution >= 4 is 41.2 Å². The molecule has 11 nitrogen and oxygen atoms in total. The lowest BCUT2D eigenvalue weighted by Gasteiger charge is -2.51. The Morgan fingerprint density at radius 2 is 1.36 bits per heavy atom. The molecule has 4 saturated carbocycles.